The predicted molar refractivity (Wildman–Crippen MR) is 124 cm³/mol. The number of carbonyl (C=O) groups excluding carboxylic acids is 2. The highest BCUT2D eigenvalue weighted by atomic mass is 16.2. The van der Waals surface area contributed by atoms with Crippen molar-refractivity contribution in [2.75, 3.05) is 0 Å². The molecule has 0 unspecified atom stereocenters. The van der Waals surface area contributed by atoms with Crippen LogP contribution in [0.4, 0.5) is 0 Å². The zero-order valence-corrected chi connectivity index (χ0v) is 17.2. The third-order valence-electron chi connectivity index (χ3n) is 4.27. The third kappa shape index (κ3) is 6.94. The first-order chi connectivity index (χ1) is 15.1. The second-order valence-corrected chi connectivity index (χ2v) is 6.79. The summed E-state index contributed by atoms with van der Waals surface area (Å²) in [6.07, 6.45) is 5.09. The summed E-state index contributed by atoms with van der Waals surface area (Å²) < 4.78 is 0. The standard InChI is InChI=1S/C26H23N3O2/c1-20(17-21-11-5-2-6-12-21)18-24(28-25(30)23-15-9-4-10-16-23)26(31)29-27-19-22-13-7-3-8-14-22/h2-19H,1H3,(H,28,30)(H,29,31)/b20-17+,24-18-,27-19-. The van der Waals surface area contributed by atoms with E-state index in [1.165, 1.54) is 0 Å². The van der Waals surface area contributed by atoms with Gasteiger partial charge in [-0.15, -0.1) is 0 Å². The molecule has 2 N–H and O–H groups in total. The van der Waals surface area contributed by atoms with Crippen LogP contribution < -0.4 is 10.7 Å². The molecule has 154 valence electrons. The largest absolute Gasteiger partial charge is 0.317 e. The molecule has 5 heteroatoms. The summed E-state index contributed by atoms with van der Waals surface area (Å²) in [4.78, 5) is 25.4. The third-order valence-corrected chi connectivity index (χ3v) is 4.27. The van der Waals surface area contributed by atoms with Crippen LogP contribution in [-0.4, -0.2) is 18.0 Å². The molecule has 0 aromatic heterocycles. The first kappa shape index (κ1) is 21.5. The molecule has 0 saturated heterocycles. The Kier molecular flexibility index (Phi) is 7.66. The molecule has 0 atom stereocenters. The summed E-state index contributed by atoms with van der Waals surface area (Å²) in [5.74, 6) is -0.890. The second kappa shape index (κ2) is 11.1. The number of hydrazone groups is 1. The molecule has 3 aromatic carbocycles. The Morgan fingerprint density at radius 1 is 0.774 bits per heavy atom. The number of hydrogen-bond acceptors (Lipinski definition) is 3. The van der Waals surface area contributed by atoms with Gasteiger partial charge in [0.25, 0.3) is 11.8 Å². The van der Waals surface area contributed by atoms with Gasteiger partial charge in [0.2, 0.25) is 0 Å². The molecule has 0 radical (unpaired) electrons. The monoisotopic (exact) mass is 409 g/mol. The van der Waals surface area contributed by atoms with E-state index in [9.17, 15) is 9.59 Å². The molecular formula is C26H23N3O2. The van der Waals surface area contributed by atoms with Crippen LogP contribution in [0, 0.1) is 0 Å². The summed E-state index contributed by atoms with van der Waals surface area (Å²) in [7, 11) is 0. The maximum absolute atomic E-state index is 12.8. The lowest BCUT2D eigenvalue weighted by atomic mass is 10.1. The molecule has 0 aliphatic carbocycles. The van der Waals surface area contributed by atoms with Gasteiger partial charge >= 0.3 is 0 Å². The maximum Gasteiger partial charge on any atom is 0.287 e. The fourth-order valence-corrected chi connectivity index (χ4v) is 2.79. The van der Waals surface area contributed by atoms with Crippen LogP contribution in [0.5, 0.6) is 0 Å². The summed E-state index contributed by atoms with van der Waals surface area (Å²) in [6.45, 7) is 1.86. The highest BCUT2D eigenvalue weighted by molar-refractivity contribution is 6.03. The van der Waals surface area contributed by atoms with Crippen molar-refractivity contribution in [2.45, 2.75) is 6.92 Å². The molecule has 0 spiro atoms. The van der Waals surface area contributed by atoms with E-state index in [4.69, 9.17) is 0 Å². The van der Waals surface area contributed by atoms with Crippen LogP contribution in [0.3, 0.4) is 0 Å². The van der Waals surface area contributed by atoms with E-state index in [0.29, 0.717) is 5.56 Å². The summed E-state index contributed by atoms with van der Waals surface area (Å²) in [6, 6.07) is 27.9. The van der Waals surface area contributed by atoms with Crippen molar-refractivity contribution in [3.05, 3.63) is 125 Å². The lowest BCUT2D eigenvalue weighted by Gasteiger charge is -2.09. The minimum Gasteiger partial charge on any atom is -0.317 e. The molecule has 0 fully saturated rings. The Bertz CT molecular complexity index is 1100. The van der Waals surface area contributed by atoms with Crippen LogP contribution in [0.15, 0.2) is 113 Å². The zero-order valence-electron chi connectivity index (χ0n) is 17.2. The van der Waals surface area contributed by atoms with Crippen molar-refractivity contribution in [2.24, 2.45) is 5.10 Å². The predicted octanol–water partition coefficient (Wildman–Crippen LogP) is 4.55. The number of carbonyl (C=O) groups is 2. The van der Waals surface area contributed by atoms with Crippen molar-refractivity contribution in [3.63, 3.8) is 0 Å². The molecule has 0 heterocycles. The fourth-order valence-electron chi connectivity index (χ4n) is 2.79. The average Bonchev–Trinajstić information content (AvgIpc) is 2.80. The number of nitrogens with zero attached hydrogens (tertiary/aromatic N) is 1. The van der Waals surface area contributed by atoms with Crippen molar-refractivity contribution in [1.29, 1.82) is 0 Å². The van der Waals surface area contributed by atoms with Crippen LogP contribution in [0.1, 0.15) is 28.4 Å². The van der Waals surface area contributed by atoms with Gasteiger partial charge in [-0.25, -0.2) is 5.43 Å². The lowest BCUT2D eigenvalue weighted by molar-refractivity contribution is -0.117. The lowest BCUT2D eigenvalue weighted by Crippen LogP contribution is -2.33. The topological polar surface area (TPSA) is 70.6 Å². The van der Waals surface area contributed by atoms with E-state index in [0.717, 1.165) is 16.7 Å². The normalized spacial score (nSPS) is 11.9. The molecule has 31 heavy (non-hydrogen) atoms. The number of allylic oxidation sites excluding steroid dienone is 2. The van der Waals surface area contributed by atoms with E-state index in [2.05, 4.69) is 15.8 Å². The molecule has 0 bridgehead atoms. The van der Waals surface area contributed by atoms with E-state index in [-0.39, 0.29) is 11.6 Å². The van der Waals surface area contributed by atoms with Gasteiger partial charge in [-0.1, -0.05) is 84.9 Å². The van der Waals surface area contributed by atoms with Gasteiger partial charge in [0.05, 0.1) is 6.21 Å². The molecule has 0 saturated carbocycles. The van der Waals surface area contributed by atoms with Crippen molar-refractivity contribution < 1.29 is 9.59 Å². The minimum absolute atomic E-state index is 0.101. The Morgan fingerprint density at radius 3 is 1.94 bits per heavy atom. The van der Waals surface area contributed by atoms with Gasteiger partial charge in [0.15, 0.2) is 0 Å². The van der Waals surface area contributed by atoms with Gasteiger partial charge in [-0.2, -0.15) is 5.10 Å². The number of hydrogen-bond donors (Lipinski definition) is 2. The maximum atomic E-state index is 12.8. The highest BCUT2D eigenvalue weighted by Crippen LogP contribution is 2.10. The first-order valence-corrected chi connectivity index (χ1v) is 9.82. The highest BCUT2D eigenvalue weighted by Gasteiger charge is 2.14. The zero-order chi connectivity index (χ0) is 21.9. The molecule has 3 rings (SSSR count). The smallest absolute Gasteiger partial charge is 0.287 e. The number of rotatable bonds is 7. The van der Waals surface area contributed by atoms with Crippen LogP contribution in [0.2, 0.25) is 0 Å². The van der Waals surface area contributed by atoms with Gasteiger partial charge in [-0.3, -0.25) is 9.59 Å². The van der Waals surface area contributed by atoms with E-state index < -0.39 is 5.91 Å². The molecular weight excluding hydrogens is 386 g/mol. The number of nitrogens with one attached hydrogen (secondary N) is 2. The molecule has 2 amide bonds. The Balaban J connectivity index is 1.80. The summed E-state index contributed by atoms with van der Waals surface area (Å²) in [5, 5.41) is 6.69. The summed E-state index contributed by atoms with van der Waals surface area (Å²) in [5.41, 5.74) is 5.68. The van der Waals surface area contributed by atoms with E-state index in [1.807, 2.05) is 79.7 Å². The quantitative estimate of drug-likeness (QED) is 0.260. The fraction of sp³-hybridized carbons (Fsp3) is 0.0385. The minimum atomic E-state index is -0.516. The second-order valence-electron chi connectivity index (χ2n) is 6.79. The molecule has 0 aliphatic heterocycles. The Labute approximate surface area is 181 Å². The number of amides is 2. The van der Waals surface area contributed by atoms with E-state index >= 15 is 0 Å². The molecule has 5 nitrogen and oxygen atoms in total. The Morgan fingerprint density at radius 2 is 1.32 bits per heavy atom. The SMILES string of the molecule is CC(/C=C(\NC(=O)c1ccccc1)C(=O)N/N=C\c1ccccc1)=C\c1ccccc1. The molecule has 0 aliphatic rings. The van der Waals surface area contributed by atoms with Gasteiger partial charge in [0, 0.05) is 5.56 Å². The van der Waals surface area contributed by atoms with Gasteiger partial charge in [-0.05, 0) is 41.8 Å². The van der Waals surface area contributed by atoms with Crippen molar-refractivity contribution >= 4 is 24.1 Å². The van der Waals surface area contributed by atoms with Crippen molar-refractivity contribution in [3.8, 4) is 0 Å². The summed E-state index contributed by atoms with van der Waals surface area (Å²) >= 11 is 0. The first-order valence-electron chi connectivity index (χ1n) is 9.82. The number of benzene rings is 3. The van der Waals surface area contributed by atoms with Crippen LogP contribution >= 0.6 is 0 Å². The average molecular weight is 409 g/mol. The van der Waals surface area contributed by atoms with Crippen LogP contribution in [0.25, 0.3) is 6.08 Å². The molecule has 3 aromatic rings. The van der Waals surface area contributed by atoms with E-state index in [1.54, 1.807) is 36.6 Å². The van der Waals surface area contributed by atoms with Crippen molar-refractivity contribution in [1.82, 2.24) is 10.7 Å². The van der Waals surface area contributed by atoms with Gasteiger partial charge in [0.1, 0.15) is 5.70 Å². The van der Waals surface area contributed by atoms with Gasteiger partial charge < -0.3 is 5.32 Å². The Hall–Kier alpha value is -4.25. The van der Waals surface area contributed by atoms with Crippen LogP contribution in [-0.2, 0) is 4.79 Å².